The van der Waals surface area contributed by atoms with E-state index < -0.39 is 21.7 Å². The topological polar surface area (TPSA) is 91.8 Å². The van der Waals surface area contributed by atoms with Crippen molar-refractivity contribution in [3.63, 3.8) is 0 Å². The Kier molecular flexibility index (Phi) is 5.13. The summed E-state index contributed by atoms with van der Waals surface area (Å²) in [6, 6.07) is 3.92. The molecule has 20 heavy (non-hydrogen) atoms. The number of carbonyl (C=O) groups excluding carboxylic acids is 1. The number of hydrogen-bond donors (Lipinski definition) is 1. The molecule has 0 heterocycles. The zero-order valence-corrected chi connectivity index (χ0v) is 12.5. The fourth-order valence-electron chi connectivity index (χ4n) is 1.51. The minimum absolute atomic E-state index is 0.0327. The standard InChI is InChI=1S/C12H14ClNO5S/c1-14(6-5-11(15)16)12(17)8-3-4-9(13)10(7-8)20(2,18)19/h3-4,7H,5-6H2,1-2H3,(H,15,16). The molecule has 0 atom stereocenters. The number of rotatable bonds is 5. The van der Waals surface area contributed by atoms with Crippen LogP contribution in [0.5, 0.6) is 0 Å². The smallest absolute Gasteiger partial charge is 0.305 e. The van der Waals surface area contributed by atoms with Gasteiger partial charge in [0.15, 0.2) is 9.84 Å². The first kappa shape index (κ1) is 16.5. The van der Waals surface area contributed by atoms with E-state index in [2.05, 4.69) is 0 Å². The van der Waals surface area contributed by atoms with E-state index in [1.807, 2.05) is 0 Å². The Morgan fingerprint density at radius 3 is 2.45 bits per heavy atom. The summed E-state index contributed by atoms with van der Waals surface area (Å²) >= 11 is 5.79. The Hall–Kier alpha value is -1.60. The average Bonchev–Trinajstić information content (AvgIpc) is 2.34. The van der Waals surface area contributed by atoms with Crippen LogP contribution >= 0.6 is 11.6 Å². The molecule has 0 saturated heterocycles. The van der Waals surface area contributed by atoms with Crippen LogP contribution in [0.3, 0.4) is 0 Å². The molecule has 1 amide bonds. The van der Waals surface area contributed by atoms with Gasteiger partial charge in [0.1, 0.15) is 0 Å². The molecular weight excluding hydrogens is 306 g/mol. The molecule has 0 aliphatic heterocycles. The normalized spacial score (nSPS) is 11.2. The third-order valence-corrected chi connectivity index (χ3v) is 4.16. The van der Waals surface area contributed by atoms with Gasteiger partial charge in [-0.1, -0.05) is 11.6 Å². The zero-order chi connectivity index (χ0) is 15.5. The molecule has 8 heteroatoms. The van der Waals surface area contributed by atoms with Gasteiger partial charge >= 0.3 is 5.97 Å². The predicted molar refractivity (Wildman–Crippen MR) is 73.8 cm³/mol. The first-order valence-electron chi connectivity index (χ1n) is 5.60. The molecule has 0 spiro atoms. The highest BCUT2D eigenvalue weighted by Gasteiger charge is 2.18. The minimum atomic E-state index is -3.54. The number of nitrogens with zero attached hydrogens (tertiary/aromatic N) is 1. The summed E-state index contributed by atoms with van der Waals surface area (Å²) in [5, 5.41) is 8.61. The van der Waals surface area contributed by atoms with Crippen molar-refractivity contribution < 1.29 is 23.1 Å². The summed E-state index contributed by atoms with van der Waals surface area (Å²) in [6.45, 7) is 0.0327. The van der Waals surface area contributed by atoms with Crippen molar-refractivity contribution in [3.8, 4) is 0 Å². The van der Waals surface area contributed by atoms with Crippen LogP contribution in [0.1, 0.15) is 16.8 Å². The molecule has 0 aromatic heterocycles. The van der Waals surface area contributed by atoms with E-state index in [1.54, 1.807) is 0 Å². The van der Waals surface area contributed by atoms with Gasteiger partial charge in [0.25, 0.3) is 5.91 Å². The summed E-state index contributed by atoms with van der Waals surface area (Å²) in [5.74, 6) is -1.48. The van der Waals surface area contributed by atoms with E-state index in [0.717, 1.165) is 6.26 Å². The van der Waals surface area contributed by atoms with Crippen LogP contribution in [0, 0.1) is 0 Å². The van der Waals surface area contributed by atoms with E-state index in [4.69, 9.17) is 16.7 Å². The molecule has 0 saturated carbocycles. The van der Waals surface area contributed by atoms with E-state index in [9.17, 15) is 18.0 Å². The highest BCUT2D eigenvalue weighted by atomic mass is 35.5. The number of aliphatic carboxylic acids is 1. The lowest BCUT2D eigenvalue weighted by molar-refractivity contribution is -0.137. The van der Waals surface area contributed by atoms with Crippen molar-refractivity contribution in [1.29, 1.82) is 0 Å². The molecule has 6 nitrogen and oxygen atoms in total. The highest BCUT2D eigenvalue weighted by Crippen LogP contribution is 2.23. The summed E-state index contributed by atoms with van der Waals surface area (Å²) in [7, 11) is -2.09. The van der Waals surface area contributed by atoms with Crippen molar-refractivity contribution in [2.45, 2.75) is 11.3 Å². The molecule has 0 radical (unpaired) electrons. The Labute approximate surface area is 121 Å². The van der Waals surface area contributed by atoms with Crippen LogP contribution in [0.15, 0.2) is 23.1 Å². The maximum atomic E-state index is 12.0. The maximum absolute atomic E-state index is 12.0. The van der Waals surface area contributed by atoms with Crippen LogP contribution in [0.2, 0.25) is 5.02 Å². The quantitative estimate of drug-likeness (QED) is 0.883. The molecule has 110 valence electrons. The number of hydrogen-bond acceptors (Lipinski definition) is 4. The van der Waals surface area contributed by atoms with E-state index in [-0.39, 0.29) is 28.4 Å². The minimum Gasteiger partial charge on any atom is -0.481 e. The first-order chi connectivity index (χ1) is 9.12. The van der Waals surface area contributed by atoms with Crippen LogP contribution in [-0.2, 0) is 14.6 Å². The Bertz CT molecular complexity index is 641. The van der Waals surface area contributed by atoms with Crippen molar-refractivity contribution in [3.05, 3.63) is 28.8 Å². The predicted octanol–water partition coefficient (Wildman–Crippen LogP) is 1.29. The fraction of sp³-hybridized carbons (Fsp3) is 0.333. The number of halogens is 1. The lowest BCUT2D eigenvalue weighted by Gasteiger charge is -2.16. The number of benzene rings is 1. The van der Waals surface area contributed by atoms with Crippen LogP contribution in [-0.4, -0.2) is 50.1 Å². The van der Waals surface area contributed by atoms with Gasteiger partial charge in [-0.2, -0.15) is 0 Å². The number of sulfone groups is 1. The van der Waals surface area contributed by atoms with Gasteiger partial charge in [0.05, 0.1) is 16.3 Å². The number of carboxylic acid groups (broad SMARTS) is 1. The molecule has 0 bridgehead atoms. The number of amides is 1. The van der Waals surface area contributed by atoms with E-state index in [1.165, 1.54) is 30.1 Å². The Morgan fingerprint density at radius 1 is 1.35 bits per heavy atom. The average molecular weight is 320 g/mol. The summed E-state index contributed by atoms with van der Waals surface area (Å²) in [6.07, 6.45) is 0.811. The molecule has 0 fully saturated rings. The van der Waals surface area contributed by atoms with Gasteiger partial charge < -0.3 is 10.0 Å². The molecule has 1 aromatic rings. The highest BCUT2D eigenvalue weighted by molar-refractivity contribution is 7.90. The zero-order valence-electron chi connectivity index (χ0n) is 11.0. The van der Waals surface area contributed by atoms with Crippen molar-refractivity contribution >= 4 is 33.3 Å². The van der Waals surface area contributed by atoms with Crippen molar-refractivity contribution in [1.82, 2.24) is 4.90 Å². The third-order valence-electron chi connectivity index (χ3n) is 2.59. The van der Waals surface area contributed by atoms with E-state index >= 15 is 0 Å². The molecule has 1 N–H and O–H groups in total. The Morgan fingerprint density at radius 2 is 1.95 bits per heavy atom. The summed E-state index contributed by atoms with van der Waals surface area (Å²) in [5.41, 5.74) is 0.141. The van der Waals surface area contributed by atoms with Crippen LogP contribution in [0.4, 0.5) is 0 Å². The maximum Gasteiger partial charge on any atom is 0.305 e. The van der Waals surface area contributed by atoms with Gasteiger partial charge in [0.2, 0.25) is 0 Å². The second-order valence-electron chi connectivity index (χ2n) is 4.29. The summed E-state index contributed by atoms with van der Waals surface area (Å²) < 4.78 is 23.1. The third kappa shape index (κ3) is 4.21. The number of carbonyl (C=O) groups is 2. The number of carboxylic acids is 1. The Balaban J connectivity index is 3.03. The molecule has 1 rings (SSSR count). The van der Waals surface area contributed by atoms with Crippen molar-refractivity contribution in [2.75, 3.05) is 19.8 Å². The second-order valence-corrected chi connectivity index (χ2v) is 6.68. The second kappa shape index (κ2) is 6.23. The van der Waals surface area contributed by atoms with Gasteiger partial charge in [0, 0.05) is 25.4 Å². The first-order valence-corrected chi connectivity index (χ1v) is 7.86. The largest absolute Gasteiger partial charge is 0.481 e. The molecule has 1 aromatic carbocycles. The fourth-order valence-corrected chi connectivity index (χ4v) is 2.81. The van der Waals surface area contributed by atoms with Gasteiger partial charge in [-0.3, -0.25) is 9.59 Å². The molecule has 0 unspecified atom stereocenters. The molecular formula is C12H14ClNO5S. The molecule has 0 aliphatic rings. The SMILES string of the molecule is CN(CCC(=O)O)C(=O)c1ccc(Cl)c(S(C)(=O)=O)c1. The van der Waals surface area contributed by atoms with Gasteiger partial charge in [-0.25, -0.2) is 8.42 Å². The lowest BCUT2D eigenvalue weighted by atomic mass is 10.2. The molecule has 0 aliphatic carbocycles. The van der Waals surface area contributed by atoms with Crippen LogP contribution in [0.25, 0.3) is 0 Å². The van der Waals surface area contributed by atoms with Crippen LogP contribution < -0.4 is 0 Å². The van der Waals surface area contributed by atoms with E-state index in [0.29, 0.717) is 0 Å². The van der Waals surface area contributed by atoms with Gasteiger partial charge in [-0.05, 0) is 18.2 Å². The van der Waals surface area contributed by atoms with Crippen molar-refractivity contribution in [2.24, 2.45) is 0 Å². The van der Waals surface area contributed by atoms with Gasteiger partial charge in [-0.15, -0.1) is 0 Å². The monoisotopic (exact) mass is 319 g/mol. The lowest BCUT2D eigenvalue weighted by Crippen LogP contribution is -2.29. The summed E-state index contributed by atoms with van der Waals surface area (Å²) in [4.78, 5) is 23.6.